The number of aromatic nitrogens is 2. The molecule has 0 saturated heterocycles. The fraction of sp³-hybridized carbons (Fsp3) is 0.824. The van der Waals surface area contributed by atoms with Crippen molar-refractivity contribution in [2.75, 3.05) is 6.54 Å². The van der Waals surface area contributed by atoms with E-state index < -0.39 is 0 Å². The maximum atomic E-state index is 4.63. The van der Waals surface area contributed by atoms with Crippen LogP contribution in [0.15, 0.2) is 6.07 Å². The highest BCUT2D eigenvalue weighted by Crippen LogP contribution is 2.32. The van der Waals surface area contributed by atoms with Gasteiger partial charge in [0, 0.05) is 13.1 Å². The fourth-order valence-corrected chi connectivity index (χ4v) is 3.43. The van der Waals surface area contributed by atoms with Crippen molar-refractivity contribution in [3.05, 3.63) is 17.5 Å². The van der Waals surface area contributed by atoms with Crippen LogP contribution in [0.3, 0.4) is 0 Å². The summed E-state index contributed by atoms with van der Waals surface area (Å²) in [4.78, 5) is 0. The summed E-state index contributed by atoms with van der Waals surface area (Å²) in [6.07, 6.45) is 10.6. The molecule has 20 heavy (non-hydrogen) atoms. The smallest absolute Gasteiger partial charge is 0.0625 e. The Hall–Kier alpha value is -0.830. The Labute approximate surface area is 124 Å². The Balaban J connectivity index is 2.06. The van der Waals surface area contributed by atoms with Gasteiger partial charge in [-0.1, -0.05) is 46.0 Å². The first kappa shape index (κ1) is 15.6. The number of hydrogen-bond acceptors (Lipinski definition) is 2. The molecule has 1 aliphatic rings. The Bertz CT molecular complexity index is 391. The van der Waals surface area contributed by atoms with Crippen molar-refractivity contribution in [1.29, 1.82) is 0 Å². The largest absolute Gasteiger partial charge is 0.309 e. The van der Waals surface area contributed by atoms with Crippen LogP contribution in [0.5, 0.6) is 0 Å². The molecule has 1 aromatic rings. The van der Waals surface area contributed by atoms with Gasteiger partial charge in [-0.2, -0.15) is 5.10 Å². The molecule has 0 aromatic carbocycles. The number of hydrogen-bond donors (Lipinski definition) is 1. The molecule has 0 spiro atoms. The van der Waals surface area contributed by atoms with Gasteiger partial charge in [0.25, 0.3) is 0 Å². The summed E-state index contributed by atoms with van der Waals surface area (Å²) in [5.74, 6) is 0.901. The minimum atomic E-state index is 0.482. The van der Waals surface area contributed by atoms with Crippen LogP contribution in [0.4, 0.5) is 0 Å². The van der Waals surface area contributed by atoms with Crippen molar-refractivity contribution < 1.29 is 0 Å². The van der Waals surface area contributed by atoms with E-state index in [9.17, 15) is 0 Å². The third kappa shape index (κ3) is 4.08. The van der Waals surface area contributed by atoms with E-state index in [-0.39, 0.29) is 0 Å². The molecule has 0 radical (unpaired) electrons. The predicted molar refractivity (Wildman–Crippen MR) is 84.8 cm³/mol. The monoisotopic (exact) mass is 277 g/mol. The average Bonchev–Trinajstić information content (AvgIpc) is 2.86. The Kier molecular flexibility index (Phi) is 6.08. The van der Waals surface area contributed by atoms with Gasteiger partial charge in [0.15, 0.2) is 0 Å². The second-order valence-corrected chi connectivity index (χ2v) is 6.28. The van der Waals surface area contributed by atoms with Gasteiger partial charge in [-0.15, -0.1) is 0 Å². The van der Waals surface area contributed by atoms with Gasteiger partial charge >= 0.3 is 0 Å². The minimum Gasteiger partial charge on any atom is -0.309 e. The molecule has 1 fully saturated rings. The Morgan fingerprint density at radius 2 is 2.05 bits per heavy atom. The van der Waals surface area contributed by atoms with E-state index in [1.807, 2.05) is 0 Å². The van der Waals surface area contributed by atoms with Gasteiger partial charge in [-0.05, 0) is 37.8 Å². The second kappa shape index (κ2) is 7.82. The van der Waals surface area contributed by atoms with Crippen LogP contribution in [0.1, 0.15) is 76.2 Å². The van der Waals surface area contributed by atoms with Crippen molar-refractivity contribution in [3.63, 3.8) is 0 Å². The molecule has 0 bridgehead atoms. The number of nitrogens with one attached hydrogen (secondary N) is 1. The van der Waals surface area contributed by atoms with Gasteiger partial charge in [-0.3, -0.25) is 4.68 Å². The summed E-state index contributed by atoms with van der Waals surface area (Å²) in [5.41, 5.74) is 2.59. The Morgan fingerprint density at radius 3 is 2.65 bits per heavy atom. The molecule has 1 aromatic heterocycles. The molecular weight excluding hydrogens is 246 g/mol. The van der Waals surface area contributed by atoms with Crippen molar-refractivity contribution >= 4 is 0 Å². The lowest BCUT2D eigenvalue weighted by molar-refractivity contribution is 0.294. The van der Waals surface area contributed by atoms with Crippen LogP contribution in [0.25, 0.3) is 0 Å². The number of nitrogens with zero attached hydrogens (tertiary/aromatic N) is 2. The molecule has 0 amide bonds. The summed E-state index contributed by atoms with van der Waals surface area (Å²) in [5, 5.41) is 8.38. The third-order valence-electron chi connectivity index (χ3n) is 4.62. The molecule has 0 aliphatic heterocycles. The lowest BCUT2D eigenvalue weighted by atomic mass is 9.84. The van der Waals surface area contributed by atoms with Crippen molar-refractivity contribution in [2.24, 2.45) is 13.0 Å². The minimum absolute atomic E-state index is 0.482. The Morgan fingerprint density at radius 1 is 1.30 bits per heavy atom. The van der Waals surface area contributed by atoms with Gasteiger partial charge < -0.3 is 5.32 Å². The molecule has 1 heterocycles. The zero-order chi connectivity index (χ0) is 14.4. The van der Waals surface area contributed by atoms with Gasteiger partial charge in [0.1, 0.15) is 0 Å². The van der Waals surface area contributed by atoms with E-state index in [1.165, 1.54) is 56.3 Å². The summed E-state index contributed by atoms with van der Waals surface area (Å²) in [7, 11) is 2.09. The number of rotatable bonds is 7. The van der Waals surface area contributed by atoms with Crippen LogP contribution in [0.2, 0.25) is 0 Å². The third-order valence-corrected chi connectivity index (χ3v) is 4.62. The topological polar surface area (TPSA) is 29.9 Å². The van der Waals surface area contributed by atoms with E-state index in [2.05, 4.69) is 42.1 Å². The van der Waals surface area contributed by atoms with E-state index in [4.69, 9.17) is 0 Å². The maximum Gasteiger partial charge on any atom is 0.0625 e. The first-order chi connectivity index (χ1) is 9.74. The molecule has 3 heteroatoms. The second-order valence-electron chi connectivity index (χ2n) is 6.28. The van der Waals surface area contributed by atoms with Crippen LogP contribution in [-0.4, -0.2) is 16.3 Å². The summed E-state index contributed by atoms with van der Waals surface area (Å²) in [6.45, 7) is 5.52. The van der Waals surface area contributed by atoms with Crippen LogP contribution in [-0.2, 0) is 13.5 Å². The summed E-state index contributed by atoms with van der Waals surface area (Å²) < 4.78 is 2.09. The van der Waals surface area contributed by atoms with Crippen LogP contribution >= 0.6 is 0 Å². The first-order valence-electron chi connectivity index (χ1n) is 8.50. The van der Waals surface area contributed by atoms with Gasteiger partial charge in [-0.25, -0.2) is 0 Å². The highest BCUT2D eigenvalue weighted by molar-refractivity contribution is 5.14. The lowest BCUT2D eigenvalue weighted by Crippen LogP contribution is -2.27. The average molecular weight is 277 g/mol. The molecule has 1 unspecified atom stereocenters. The van der Waals surface area contributed by atoms with E-state index in [1.54, 1.807) is 0 Å². The molecule has 1 aliphatic carbocycles. The van der Waals surface area contributed by atoms with E-state index in [0.29, 0.717) is 6.04 Å². The van der Waals surface area contributed by atoms with Crippen molar-refractivity contribution in [2.45, 2.75) is 71.3 Å². The molecular formula is C17H31N3. The predicted octanol–water partition coefficient (Wildman–Crippen LogP) is 3.99. The summed E-state index contributed by atoms with van der Waals surface area (Å²) in [6, 6.07) is 2.78. The quantitative estimate of drug-likeness (QED) is 0.816. The maximum absolute atomic E-state index is 4.63. The molecule has 2 rings (SSSR count). The van der Waals surface area contributed by atoms with Gasteiger partial charge in [0.2, 0.25) is 0 Å². The zero-order valence-corrected chi connectivity index (χ0v) is 13.5. The van der Waals surface area contributed by atoms with E-state index in [0.717, 1.165) is 18.9 Å². The molecule has 1 N–H and O–H groups in total. The number of aryl methyl sites for hydroxylation is 2. The summed E-state index contributed by atoms with van der Waals surface area (Å²) >= 11 is 0. The van der Waals surface area contributed by atoms with Crippen LogP contribution in [0, 0.1) is 5.92 Å². The highest BCUT2D eigenvalue weighted by atomic mass is 15.3. The van der Waals surface area contributed by atoms with E-state index >= 15 is 0 Å². The van der Waals surface area contributed by atoms with Crippen molar-refractivity contribution in [1.82, 2.24) is 15.1 Å². The molecule has 3 nitrogen and oxygen atoms in total. The first-order valence-corrected chi connectivity index (χ1v) is 8.50. The zero-order valence-electron chi connectivity index (χ0n) is 13.5. The van der Waals surface area contributed by atoms with Crippen molar-refractivity contribution in [3.8, 4) is 0 Å². The van der Waals surface area contributed by atoms with Gasteiger partial charge in [0.05, 0.1) is 11.4 Å². The fourth-order valence-electron chi connectivity index (χ4n) is 3.43. The molecule has 1 atom stereocenters. The molecule has 1 saturated carbocycles. The van der Waals surface area contributed by atoms with Crippen LogP contribution < -0.4 is 5.32 Å². The normalized spacial score (nSPS) is 18.4. The highest BCUT2D eigenvalue weighted by Gasteiger charge is 2.22. The molecule has 114 valence electrons. The lowest BCUT2D eigenvalue weighted by Gasteiger charge is -2.27. The SMILES string of the molecule is CCCNC(CC1CCCCC1)c1cc(CC)nn1C. The standard InChI is InChI=1S/C17H31N3/c1-4-11-18-16(12-14-9-7-6-8-10-14)17-13-15(5-2)19-20(17)3/h13-14,16,18H,4-12H2,1-3H3.